The molecule has 0 aliphatic heterocycles. The molecule has 0 saturated carbocycles. The molecule has 2 N–H and O–H groups in total. The number of nitrogens with two attached hydrogens (primary N) is 1. The highest BCUT2D eigenvalue weighted by Gasteiger charge is 2.25. The van der Waals surface area contributed by atoms with Gasteiger partial charge in [-0.3, -0.25) is 0 Å². The summed E-state index contributed by atoms with van der Waals surface area (Å²) in [7, 11) is 0. The van der Waals surface area contributed by atoms with Gasteiger partial charge in [0, 0.05) is 11.6 Å². The van der Waals surface area contributed by atoms with Gasteiger partial charge in [-0.2, -0.15) is 0 Å². The minimum Gasteiger partial charge on any atom is -0.324 e. The summed E-state index contributed by atoms with van der Waals surface area (Å²) in [5.74, 6) is -3.66. The molecule has 1 aromatic rings. The number of fused-ring (bicyclic) bond motifs is 1. The lowest BCUT2D eigenvalue weighted by atomic mass is 9.87. The van der Waals surface area contributed by atoms with E-state index in [0.29, 0.717) is 18.4 Å². The van der Waals surface area contributed by atoms with Crippen LogP contribution in [0, 0.1) is 17.5 Å². The van der Waals surface area contributed by atoms with Crippen LogP contribution in [0.4, 0.5) is 13.2 Å². The SMILES string of the molecule is NC1CCCc2cc(F)c(F)c(F)c21. The zero-order valence-corrected chi connectivity index (χ0v) is 7.49. The van der Waals surface area contributed by atoms with Crippen LogP contribution in [0.25, 0.3) is 0 Å². The molecule has 4 heteroatoms. The largest absolute Gasteiger partial charge is 0.324 e. The van der Waals surface area contributed by atoms with Crippen molar-refractivity contribution in [2.75, 3.05) is 0 Å². The second-order valence-electron chi connectivity index (χ2n) is 3.56. The van der Waals surface area contributed by atoms with E-state index in [4.69, 9.17) is 5.73 Å². The molecule has 0 fully saturated rings. The molecule has 2 rings (SSSR count). The van der Waals surface area contributed by atoms with E-state index in [9.17, 15) is 13.2 Å². The van der Waals surface area contributed by atoms with Crippen LogP contribution in [-0.4, -0.2) is 0 Å². The lowest BCUT2D eigenvalue weighted by Crippen LogP contribution is -2.20. The Bertz CT molecular complexity index is 376. The Morgan fingerprint density at radius 1 is 1.21 bits per heavy atom. The van der Waals surface area contributed by atoms with Gasteiger partial charge in [0.15, 0.2) is 17.5 Å². The molecular formula is C10H10F3N. The topological polar surface area (TPSA) is 26.0 Å². The molecule has 1 aromatic carbocycles. The minimum atomic E-state index is -1.42. The van der Waals surface area contributed by atoms with Crippen LogP contribution in [-0.2, 0) is 6.42 Å². The summed E-state index contributed by atoms with van der Waals surface area (Å²) in [6.45, 7) is 0. The summed E-state index contributed by atoms with van der Waals surface area (Å²) in [5.41, 5.74) is 6.29. The molecule has 14 heavy (non-hydrogen) atoms. The first-order valence-electron chi connectivity index (χ1n) is 4.53. The third kappa shape index (κ3) is 1.30. The molecule has 1 nitrogen and oxygen atoms in total. The summed E-state index contributed by atoms with van der Waals surface area (Å²) in [6.07, 6.45) is 1.98. The fraction of sp³-hybridized carbons (Fsp3) is 0.400. The van der Waals surface area contributed by atoms with Crippen molar-refractivity contribution in [1.29, 1.82) is 0 Å². The smallest absolute Gasteiger partial charge is 0.194 e. The van der Waals surface area contributed by atoms with Gasteiger partial charge in [0.25, 0.3) is 0 Å². The quantitative estimate of drug-likeness (QED) is 0.641. The summed E-state index contributed by atoms with van der Waals surface area (Å²) in [5, 5.41) is 0. The average molecular weight is 201 g/mol. The molecule has 0 saturated heterocycles. The number of rotatable bonds is 0. The van der Waals surface area contributed by atoms with Crippen LogP contribution < -0.4 is 5.73 Å². The molecule has 0 radical (unpaired) electrons. The van der Waals surface area contributed by atoms with Gasteiger partial charge in [-0.05, 0) is 30.9 Å². The van der Waals surface area contributed by atoms with Gasteiger partial charge in [-0.15, -0.1) is 0 Å². The molecule has 1 aliphatic rings. The molecule has 76 valence electrons. The Morgan fingerprint density at radius 2 is 1.93 bits per heavy atom. The van der Waals surface area contributed by atoms with E-state index in [1.54, 1.807) is 0 Å². The van der Waals surface area contributed by atoms with E-state index in [1.807, 2.05) is 0 Å². The fourth-order valence-corrected chi connectivity index (χ4v) is 1.92. The van der Waals surface area contributed by atoms with Crippen molar-refractivity contribution in [2.24, 2.45) is 5.73 Å². The van der Waals surface area contributed by atoms with Crippen molar-refractivity contribution in [3.05, 3.63) is 34.6 Å². The molecule has 0 amide bonds. The van der Waals surface area contributed by atoms with Gasteiger partial charge < -0.3 is 5.73 Å². The van der Waals surface area contributed by atoms with Crippen molar-refractivity contribution >= 4 is 0 Å². The van der Waals surface area contributed by atoms with Crippen LogP contribution in [0.5, 0.6) is 0 Å². The van der Waals surface area contributed by atoms with Gasteiger partial charge in [0.1, 0.15) is 0 Å². The first kappa shape index (κ1) is 9.52. The monoisotopic (exact) mass is 201 g/mol. The number of hydrogen-bond donors (Lipinski definition) is 1. The number of hydrogen-bond acceptors (Lipinski definition) is 1. The van der Waals surface area contributed by atoms with Crippen LogP contribution in [0.2, 0.25) is 0 Å². The third-order valence-electron chi connectivity index (χ3n) is 2.62. The van der Waals surface area contributed by atoms with E-state index >= 15 is 0 Å². The molecule has 0 aromatic heterocycles. The van der Waals surface area contributed by atoms with E-state index in [-0.39, 0.29) is 5.56 Å². The highest BCUT2D eigenvalue weighted by molar-refractivity contribution is 5.34. The maximum Gasteiger partial charge on any atom is 0.194 e. The van der Waals surface area contributed by atoms with Gasteiger partial charge in [0.05, 0.1) is 0 Å². The minimum absolute atomic E-state index is 0.148. The fourth-order valence-electron chi connectivity index (χ4n) is 1.92. The first-order chi connectivity index (χ1) is 6.61. The lowest BCUT2D eigenvalue weighted by molar-refractivity contribution is 0.421. The summed E-state index contributed by atoms with van der Waals surface area (Å²) in [4.78, 5) is 0. The van der Waals surface area contributed by atoms with E-state index < -0.39 is 23.5 Å². The van der Waals surface area contributed by atoms with Crippen LogP contribution in [0.1, 0.15) is 30.0 Å². The average Bonchev–Trinajstić information content (AvgIpc) is 2.14. The van der Waals surface area contributed by atoms with Crippen molar-refractivity contribution in [2.45, 2.75) is 25.3 Å². The first-order valence-corrected chi connectivity index (χ1v) is 4.53. The predicted octanol–water partition coefficient (Wildman–Crippen LogP) is 2.44. The summed E-state index contributed by atoms with van der Waals surface area (Å²) in [6, 6.07) is 0.543. The van der Waals surface area contributed by atoms with E-state index in [1.165, 1.54) is 0 Å². The number of aryl methyl sites for hydroxylation is 1. The number of halogens is 3. The maximum atomic E-state index is 13.3. The van der Waals surface area contributed by atoms with Gasteiger partial charge >= 0.3 is 0 Å². The van der Waals surface area contributed by atoms with Crippen molar-refractivity contribution in [1.82, 2.24) is 0 Å². The predicted molar refractivity (Wildman–Crippen MR) is 46.2 cm³/mol. The van der Waals surface area contributed by atoms with Crippen molar-refractivity contribution in [3.63, 3.8) is 0 Å². The van der Waals surface area contributed by atoms with Crippen molar-refractivity contribution in [3.8, 4) is 0 Å². The van der Waals surface area contributed by atoms with E-state index in [0.717, 1.165) is 12.5 Å². The molecule has 1 unspecified atom stereocenters. The Morgan fingerprint density at radius 3 is 2.64 bits per heavy atom. The zero-order chi connectivity index (χ0) is 10.3. The highest BCUT2D eigenvalue weighted by Crippen LogP contribution is 2.32. The molecule has 1 atom stereocenters. The second kappa shape index (κ2) is 3.28. The van der Waals surface area contributed by atoms with E-state index in [2.05, 4.69) is 0 Å². The number of benzene rings is 1. The molecule has 0 spiro atoms. The highest BCUT2D eigenvalue weighted by atomic mass is 19.2. The Labute approximate surface area is 79.7 Å². The van der Waals surface area contributed by atoms with Crippen LogP contribution >= 0.6 is 0 Å². The summed E-state index contributed by atoms with van der Waals surface area (Å²) < 4.78 is 39.0. The molecule has 1 aliphatic carbocycles. The summed E-state index contributed by atoms with van der Waals surface area (Å²) >= 11 is 0. The molecular weight excluding hydrogens is 191 g/mol. The third-order valence-corrected chi connectivity index (χ3v) is 2.62. The normalized spacial score (nSPS) is 20.7. The lowest BCUT2D eigenvalue weighted by Gasteiger charge is -2.22. The van der Waals surface area contributed by atoms with Gasteiger partial charge in [0.2, 0.25) is 0 Å². The molecule has 0 bridgehead atoms. The van der Waals surface area contributed by atoms with Crippen LogP contribution in [0.3, 0.4) is 0 Å². The standard InChI is InChI=1S/C10H10F3N/c11-6-4-5-2-1-3-7(14)8(5)10(13)9(6)12/h4,7H,1-3,14H2. The Hall–Kier alpha value is -1.03. The second-order valence-corrected chi connectivity index (χ2v) is 3.56. The maximum absolute atomic E-state index is 13.3. The van der Waals surface area contributed by atoms with Crippen LogP contribution in [0.15, 0.2) is 6.07 Å². The Kier molecular flexibility index (Phi) is 2.23. The molecule has 0 heterocycles. The van der Waals surface area contributed by atoms with Gasteiger partial charge in [-0.1, -0.05) is 0 Å². The van der Waals surface area contributed by atoms with Crippen molar-refractivity contribution < 1.29 is 13.2 Å². The Balaban J connectivity index is 2.64. The zero-order valence-electron chi connectivity index (χ0n) is 7.49. The van der Waals surface area contributed by atoms with Gasteiger partial charge in [-0.25, -0.2) is 13.2 Å².